The van der Waals surface area contributed by atoms with E-state index in [-0.39, 0.29) is 6.17 Å². The van der Waals surface area contributed by atoms with E-state index in [2.05, 4.69) is 20.3 Å². The maximum Gasteiger partial charge on any atom is 0.309 e. The maximum absolute atomic E-state index is 12.2. The third-order valence-electron chi connectivity index (χ3n) is 7.09. The van der Waals surface area contributed by atoms with Crippen LogP contribution in [0.25, 0.3) is 0 Å². The molecule has 7 nitrogen and oxygen atoms in total. The molecule has 1 amide bonds. The van der Waals surface area contributed by atoms with Gasteiger partial charge in [0.2, 0.25) is 5.91 Å². The van der Waals surface area contributed by atoms with Crippen molar-refractivity contribution in [2.24, 2.45) is 28.2 Å². The number of rotatable bonds is 2. The first-order valence-electron chi connectivity index (χ1n) is 9.66. The molecule has 0 aromatic heterocycles. The van der Waals surface area contributed by atoms with Gasteiger partial charge in [-0.3, -0.25) is 9.69 Å². The fraction of sp³-hybridized carbons (Fsp3) is 0.889. The van der Waals surface area contributed by atoms with Gasteiger partial charge < -0.3 is 14.6 Å². The number of hydroxylamine groups is 1. The minimum atomic E-state index is 0.0667. The summed E-state index contributed by atoms with van der Waals surface area (Å²) >= 11 is 0. The summed E-state index contributed by atoms with van der Waals surface area (Å²) in [6.07, 6.45) is 3.99. The Morgan fingerprint density at radius 3 is 2.64 bits per heavy atom. The highest BCUT2D eigenvalue weighted by Crippen LogP contribution is 2.55. The van der Waals surface area contributed by atoms with Crippen LogP contribution in [-0.4, -0.2) is 79.1 Å². The molecule has 5 aliphatic rings. The molecule has 2 saturated carbocycles. The second-order valence-electron chi connectivity index (χ2n) is 9.10. The van der Waals surface area contributed by atoms with Crippen molar-refractivity contribution in [2.45, 2.75) is 38.4 Å². The van der Waals surface area contributed by atoms with Crippen LogP contribution >= 0.6 is 0 Å². The first kappa shape index (κ1) is 15.9. The van der Waals surface area contributed by atoms with Gasteiger partial charge in [0, 0.05) is 57.6 Å². The number of hydrogen-bond acceptors (Lipinski definition) is 6. The molecular formula is C18H29N5O2. The van der Waals surface area contributed by atoms with Gasteiger partial charge in [-0.2, -0.15) is 0 Å². The topological polar surface area (TPSA) is 60.4 Å². The third kappa shape index (κ3) is 2.46. The molecule has 2 aliphatic carbocycles. The first-order valence-corrected chi connectivity index (χ1v) is 9.66. The second-order valence-corrected chi connectivity index (χ2v) is 9.10. The van der Waals surface area contributed by atoms with Crippen LogP contribution in [0, 0.1) is 23.2 Å². The zero-order chi connectivity index (χ0) is 17.3. The zero-order valence-electron chi connectivity index (χ0n) is 15.4. The molecule has 5 rings (SSSR count). The van der Waals surface area contributed by atoms with Gasteiger partial charge in [-0.1, -0.05) is 0 Å². The summed E-state index contributed by atoms with van der Waals surface area (Å²) in [5.41, 5.74) is 3.36. The number of nitrogens with one attached hydrogen (secondary N) is 1. The van der Waals surface area contributed by atoms with E-state index >= 15 is 0 Å². The van der Waals surface area contributed by atoms with Gasteiger partial charge >= 0.3 is 6.02 Å². The minimum absolute atomic E-state index is 0.0667. The molecule has 3 unspecified atom stereocenters. The Balaban J connectivity index is 1.13. The van der Waals surface area contributed by atoms with E-state index in [1.165, 1.54) is 19.3 Å². The van der Waals surface area contributed by atoms with E-state index in [9.17, 15) is 4.79 Å². The van der Waals surface area contributed by atoms with E-state index < -0.39 is 0 Å². The fourth-order valence-electron chi connectivity index (χ4n) is 5.70. The lowest BCUT2D eigenvalue weighted by Gasteiger charge is -2.48. The number of carbonyl (C=O) groups excluding carboxylic acids is 1. The highest BCUT2D eigenvalue weighted by atomic mass is 16.7. The van der Waals surface area contributed by atoms with Crippen molar-refractivity contribution < 1.29 is 9.63 Å². The molecular weight excluding hydrogens is 318 g/mol. The maximum atomic E-state index is 12.2. The molecule has 0 bridgehead atoms. The van der Waals surface area contributed by atoms with Crippen molar-refractivity contribution in [3.05, 3.63) is 0 Å². The van der Waals surface area contributed by atoms with Crippen LogP contribution in [-0.2, 0) is 9.63 Å². The van der Waals surface area contributed by atoms with Crippen molar-refractivity contribution in [2.75, 3.05) is 40.3 Å². The monoisotopic (exact) mass is 347 g/mol. The number of aliphatic imine (C=N–C) groups is 1. The van der Waals surface area contributed by atoms with Crippen LogP contribution in [0.5, 0.6) is 0 Å². The van der Waals surface area contributed by atoms with E-state index in [4.69, 9.17) is 4.84 Å². The van der Waals surface area contributed by atoms with Crippen molar-refractivity contribution in [1.82, 2.24) is 20.2 Å². The summed E-state index contributed by atoms with van der Waals surface area (Å²) in [5.74, 6) is 1.90. The Morgan fingerprint density at radius 1 is 1.32 bits per heavy atom. The number of amides is 1. The second kappa shape index (κ2) is 5.33. The average molecular weight is 347 g/mol. The number of fused-ring (bicyclic) bond motifs is 1. The molecule has 138 valence electrons. The SMILES string of the molecule is CC1N=C(N2CC3(CCC(N4C[C@@H]5C(C(=O)N(C)C)[C@@H]5C4)C3)C2)ON1. The number of amidine groups is 1. The zero-order valence-corrected chi connectivity index (χ0v) is 15.4. The van der Waals surface area contributed by atoms with Gasteiger partial charge in [0.15, 0.2) is 0 Å². The quantitative estimate of drug-likeness (QED) is 0.781. The molecule has 3 aliphatic heterocycles. The molecule has 25 heavy (non-hydrogen) atoms. The summed E-state index contributed by atoms with van der Waals surface area (Å²) in [7, 11) is 3.76. The number of hydrogen-bond donors (Lipinski definition) is 1. The fourth-order valence-corrected chi connectivity index (χ4v) is 5.70. The van der Waals surface area contributed by atoms with Crippen LogP contribution in [0.4, 0.5) is 0 Å². The number of piperidine rings is 1. The smallest absolute Gasteiger partial charge is 0.309 e. The van der Waals surface area contributed by atoms with Crippen LogP contribution < -0.4 is 5.48 Å². The molecule has 5 atom stereocenters. The van der Waals surface area contributed by atoms with Crippen LogP contribution in [0.15, 0.2) is 4.99 Å². The van der Waals surface area contributed by atoms with Gasteiger partial charge in [-0.15, -0.1) is 5.48 Å². The lowest BCUT2D eigenvalue weighted by Crippen LogP contribution is -2.58. The van der Waals surface area contributed by atoms with Gasteiger partial charge in [-0.05, 0) is 38.0 Å². The molecule has 0 aromatic rings. The van der Waals surface area contributed by atoms with E-state index in [1.54, 1.807) is 4.90 Å². The molecule has 3 heterocycles. The van der Waals surface area contributed by atoms with E-state index in [0.717, 1.165) is 32.2 Å². The van der Waals surface area contributed by atoms with Gasteiger partial charge in [-0.25, -0.2) is 4.99 Å². The van der Waals surface area contributed by atoms with Crippen LogP contribution in [0.3, 0.4) is 0 Å². The molecule has 1 N–H and O–H groups in total. The molecule has 7 heteroatoms. The van der Waals surface area contributed by atoms with Gasteiger partial charge in [0.25, 0.3) is 0 Å². The van der Waals surface area contributed by atoms with Crippen molar-refractivity contribution in [1.29, 1.82) is 0 Å². The molecule has 0 aromatic carbocycles. The van der Waals surface area contributed by atoms with Crippen molar-refractivity contribution in [3.63, 3.8) is 0 Å². The van der Waals surface area contributed by atoms with Crippen molar-refractivity contribution in [3.8, 4) is 0 Å². The lowest BCUT2D eigenvalue weighted by atomic mass is 9.78. The first-order chi connectivity index (χ1) is 12.0. The summed E-state index contributed by atoms with van der Waals surface area (Å²) < 4.78 is 0. The highest BCUT2D eigenvalue weighted by Gasteiger charge is 2.61. The average Bonchev–Trinajstić information content (AvgIpc) is 3.01. The van der Waals surface area contributed by atoms with Crippen LogP contribution in [0.1, 0.15) is 26.2 Å². The Labute approximate surface area is 149 Å². The summed E-state index contributed by atoms with van der Waals surface area (Å²) in [6, 6.07) is 1.49. The standard InChI is InChI=1S/C18H29N5O2/c1-11-19-17(25-20-11)23-9-18(10-23)5-4-12(6-18)22-7-13-14(8-22)15(13)16(24)21(2)3/h11-15,20H,4-10H2,1-3H3/t11?,12?,13-,14+,15?. The van der Waals surface area contributed by atoms with Gasteiger partial charge in [0.05, 0.1) is 0 Å². The predicted octanol–water partition coefficient (Wildman–Crippen LogP) is 0.344. The Kier molecular flexibility index (Phi) is 3.39. The van der Waals surface area contributed by atoms with E-state index in [1.807, 2.05) is 21.0 Å². The highest BCUT2D eigenvalue weighted by molar-refractivity contribution is 5.82. The molecule has 4 fully saturated rings. The summed E-state index contributed by atoms with van der Waals surface area (Å²) in [5, 5.41) is 0. The van der Waals surface area contributed by atoms with Gasteiger partial charge in [0.1, 0.15) is 6.17 Å². The summed E-state index contributed by atoms with van der Waals surface area (Å²) in [6.45, 7) is 6.44. The van der Waals surface area contributed by atoms with E-state index in [0.29, 0.717) is 35.1 Å². The molecule has 1 spiro atoms. The number of nitrogens with zero attached hydrogens (tertiary/aromatic N) is 4. The Morgan fingerprint density at radius 2 is 2.04 bits per heavy atom. The number of carbonyl (C=O) groups is 1. The Bertz CT molecular complexity index is 603. The lowest BCUT2D eigenvalue weighted by molar-refractivity contribution is -0.131. The van der Waals surface area contributed by atoms with Crippen LogP contribution in [0.2, 0.25) is 0 Å². The molecule has 2 saturated heterocycles. The largest absolute Gasteiger partial charge is 0.368 e. The minimum Gasteiger partial charge on any atom is -0.368 e. The third-order valence-corrected chi connectivity index (χ3v) is 7.09. The molecule has 0 radical (unpaired) electrons. The van der Waals surface area contributed by atoms with Crippen molar-refractivity contribution >= 4 is 11.9 Å². The number of likely N-dealkylation sites (tertiary alicyclic amines) is 2. The summed E-state index contributed by atoms with van der Waals surface area (Å²) in [4.78, 5) is 28.8. The predicted molar refractivity (Wildman–Crippen MR) is 93.5 cm³/mol. The Hall–Kier alpha value is -1.34. The normalized spacial score (nSPS) is 41.3.